The largest absolute Gasteiger partial charge is 0.356 e. The quantitative estimate of drug-likeness (QED) is 0.614. The molecule has 1 N–H and O–H groups in total. The van der Waals surface area contributed by atoms with Crippen molar-refractivity contribution in [1.82, 2.24) is 15.2 Å². The molecule has 6 heteroatoms. The van der Waals surface area contributed by atoms with Crippen LogP contribution >= 0.6 is 11.3 Å². The molecule has 0 spiro atoms. The number of hydrogen-bond donors (Lipinski definition) is 1. The smallest absolute Gasteiger partial charge is 0.228 e. The minimum Gasteiger partial charge on any atom is -0.356 e. The van der Waals surface area contributed by atoms with Crippen LogP contribution in [-0.2, 0) is 22.4 Å². The van der Waals surface area contributed by atoms with E-state index < -0.39 is 5.41 Å². The monoisotopic (exact) mass is 433 g/mol. The SMILES string of the molecule is CCNC(=O)C1(Cc2ccccc2-c2cccs2)CCN(C(=O)Cc2ccccn2)C1. The number of likely N-dealkylation sites (tertiary alicyclic amines) is 1. The van der Waals surface area contributed by atoms with Gasteiger partial charge in [-0.2, -0.15) is 0 Å². The van der Waals surface area contributed by atoms with E-state index >= 15 is 0 Å². The highest BCUT2D eigenvalue weighted by molar-refractivity contribution is 7.13. The molecule has 3 heterocycles. The standard InChI is InChI=1S/C25H27N3O2S/c1-2-26-24(30)25(17-19-8-3-4-10-21(19)22-11-7-15-31-22)12-14-28(18-25)23(29)16-20-9-5-6-13-27-20/h3-11,13,15H,2,12,14,16-18H2,1H3,(H,26,30). The van der Waals surface area contributed by atoms with Crippen LogP contribution in [0.5, 0.6) is 0 Å². The van der Waals surface area contributed by atoms with Gasteiger partial charge in [0.1, 0.15) is 0 Å². The van der Waals surface area contributed by atoms with Crippen molar-refractivity contribution in [2.75, 3.05) is 19.6 Å². The number of carbonyl (C=O) groups excluding carboxylic acids is 2. The number of pyridine rings is 1. The molecule has 5 nitrogen and oxygen atoms in total. The Labute approximate surface area is 187 Å². The van der Waals surface area contributed by atoms with Crippen molar-refractivity contribution in [2.45, 2.75) is 26.2 Å². The Kier molecular flexibility index (Phi) is 6.47. The Morgan fingerprint density at radius 1 is 1.13 bits per heavy atom. The van der Waals surface area contributed by atoms with E-state index in [0.29, 0.717) is 32.5 Å². The average Bonchev–Trinajstić information content (AvgIpc) is 3.46. The Balaban J connectivity index is 1.58. The van der Waals surface area contributed by atoms with Crippen molar-refractivity contribution in [3.05, 3.63) is 77.4 Å². The van der Waals surface area contributed by atoms with Crippen LogP contribution in [0.2, 0.25) is 0 Å². The zero-order valence-electron chi connectivity index (χ0n) is 17.7. The van der Waals surface area contributed by atoms with Gasteiger partial charge in [0.2, 0.25) is 11.8 Å². The second kappa shape index (κ2) is 9.43. The molecule has 0 saturated carbocycles. The number of carbonyl (C=O) groups is 2. The van der Waals surface area contributed by atoms with Crippen LogP contribution in [-0.4, -0.2) is 41.3 Å². The van der Waals surface area contributed by atoms with E-state index in [1.807, 2.05) is 48.2 Å². The fourth-order valence-electron chi connectivity index (χ4n) is 4.32. The van der Waals surface area contributed by atoms with Gasteiger partial charge in [-0.05, 0) is 54.5 Å². The van der Waals surface area contributed by atoms with Gasteiger partial charge in [0.15, 0.2) is 0 Å². The summed E-state index contributed by atoms with van der Waals surface area (Å²) in [5, 5.41) is 5.09. The molecule has 1 aliphatic rings. The number of benzene rings is 1. The van der Waals surface area contributed by atoms with E-state index in [0.717, 1.165) is 11.3 Å². The molecule has 31 heavy (non-hydrogen) atoms. The highest BCUT2D eigenvalue weighted by Gasteiger charge is 2.46. The van der Waals surface area contributed by atoms with Gasteiger partial charge in [0.05, 0.1) is 11.8 Å². The Morgan fingerprint density at radius 3 is 2.71 bits per heavy atom. The summed E-state index contributed by atoms with van der Waals surface area (Å²) in [4.78, 5) is 33.5. The molecule has 0 radical (unpaired) electrons. The van der Waals surface area contributed by atoms with Crippen LogP contribution in [0.25, 0.3) is 10.4 Å². The van der Waals surface area contributed by atoms with Gasteiger partial charge < -0.3 is 10.2 Å². The van der Waals surface area contributed by atoms with Gasteiger partial charge in [0.25, 0.3) is 0 Å². The molecular weight excluding hydrogens is 406 g/mol. The van der Waals surface area contributed by atoms with Crippen molar-refractivity contribution in [1.29, 1.82) is 0 Å². The normalized spacial score (nSPS) is 18.2. The molecule has 2 aromatic heterocycles. The first-order valence-corrected chi connectivity index (χ1v) is 11.6. The summed E-state index contributed by atoms with van der Waals surface area (Å²) in [6.45, 7) is 3.53. The minimum atomic E-state index is -0.622. The Morgan fingerprint density at radius 2 is 1.97 bits per heavy atom. The summed E-state index contributed by atoms with van der Waals surface area (Å²) < 4.78 is 0. The average molecular weight is 434 g/mol. The molecule has 1 fully saturated rings. The van der Waals surface area contributed by atoms with E-state index in [9.17, 15) is 9.59 Å². The van der Waals surface area contributed by atoms with Crippen molar-refractivity contribution >= 4 is 23.2 Å². The number of hydrogen-bond acceptors (Lipinski definition) is 4. The predicted molar refractivity (Wildman–Crippen MR) is 124 cm³/mol. The lowest BCUT2D eigenvalue weighted by molar-refractivity contribution is -0.132. The molecule has 1 aromatic carbocycles. The number of rotatable bonds is 7. The van der Waals surface area contributed by atoms with Crippen molar-refractivity contribution < 1.29 is 9.59 Å². The molecule has 4 rings (SSSR count). The van der Waals surface area contributed by atoms with E-state index in [-0.39, 0.29) is 18.2 Å². The van der Waals surface area contributed by atoms with Crippen molar-refractivity contribution in [2.24, 2.45) is 5.41 Å². The van der Waals surface area contributed by atoms with Gasteiger partial charge in [-0.25, -0.2) is 0 Å². The third kappa shape index (κ3) is 4.69. The maximum absolute atomic E-state index is 13.2. The molecule has 1 aliphatic heterocycles. The van der Waals surface area contributed by atoms with Crippen LogP contribution in [0.3, 0.4) is 0 Å². The lowest BCUT2D eigenvalue weighted by atomic mass is 9.78. The van der Waals surface area contributed by atoms with Crippen LogP contribution < -0.4 is 5.32 Å². The highest BCUT2D eigenvalue weighted by atomic mass is 32.1. The van der Waals surface area contributed by atoms with Crippen LogP contribution in [0.4, 0.5) is 0 Å². The molecule has 160 valence electrons. The van der Waals surface area contributed by atoms with Gasteiger partial charge in [-0.3, -0.25) is 14.6 Å². The van der Waals surface area contributed by atoms with Crippen molar-refractivity contribution in [3.63, 3.8) is 0 Å². The molecule has 2 amide bonds. The molecular formula is C25H27N3O2S. The van der Waals surface area contributed by atoms with E-state index in [1.54, 1.807) is 17.5 Å². The minimum absolute atomic E-state index is 0.0245. The second-order valence-corrected chi connectivity index (χ2v) is 8.96. The molecule has 3 aromatic rings. The number of nitrogens with zero attached hydrogens (tertiary/aromatic N) is 2. The summed E-state index contributed by atoms with van der Waals surface area (Å²) >= 11 is 1.70. The molecule has 1 saturated heterocycles. The molecule has 0 bridgehead atoms. The Bertz CT molecular complexity index is 1040. The van der Waals surface area contributed by atoms with Crippen molar-refractivity contribution in [3.8, 4) is 10.4 Å². The number of thiophene rings is 1. The van der Waals surface area contributed by atoms with E-state index in [2.05, 4.69) is 33.9 Å². The van der Waals surface area contributed by atoms with Gasteiger partial charge in [-0.15, -0.1) is 11.3 Å². The lowest BCUT2D eigenvalue weighted by Gasteiger charge is -2.29. The Hall–Kier alpha value is -2.99. The third-order valence-corrected chi connectivity index (χ3v) is 6.82. The first kappa shape index (κ1) is 21.2. The first-order chi connectivity index (χ1) is 15.1. The zero-order chi connectivity index (χ0) is 21.7. The first-order valence-electron chi connectivity index (χ1n) is 10.7. The fraction of sp³-hybridized carbons (Fsp3) is 0.320. The fourth-order valence-corrected chi connectivity index (χ4v) is 5.11. The van der Waals surface area contributed by atoms with E-state index in [4.69, 9.17) is 0 Å². The lowest BCUT2D eigenvalue weighted by Crippen LogP contribution is -2.45. The van der Waals surface area contributed by atoms with E-state index in [1.165, 1.54) is 10.4 Å². The molecule has 0 aliphatic carbocycles. The summed E-state index contributed by atoms with van der Waals surface area (Å²) in [5.74, 6) is 0.0561. The van der Waals surface area contributed by atoms with Gasteiger partial charge in [0, 0.05) is 36.4 Å². The number of aromatic nitrogens is 1. The van der Waals surface area contributed by atoms with Crippen LogP contribution in [0.15, 0.2) is 66.2 Å². The number of amides is 2. The van der Waals surface area contributed by atoms with Gasteiger partial charge >= 0.3 is 0 Å². The third-order valence-electron chi connectivity index (χ3n) is 5.92. The maximum atomic E-state index is 13.2. The number of nitrogens with one attached hydrogen (secondary N) is 1. The molecule has 1 atom stereocenters. The summed E-state index contributed by atoms with van der Waals surface area (Å²) in [6, 6.07) is 18.0. The summed E-state index contributed by atoms with van der Waals surface area (Å²) in [5.41, 5.74) is 2.45. The second-order valence-electron chi connectivity index (χ2n) is 8.01. The zero-order valence-corrected chi connectivity index (χ0v) is 18.5. The summed E-state index contributed by atoms with van der Waals surface area (Å²) in [6.07, 6.45) is 3.23. The van der Waals surface area contributed by atoms with Crippen LogP contribution in [0, 0.1) is 5.41 Å². The molecule has 1 unspecified atom stereocenters. The topological polar surface area (TPSA) is 62.3 Å². The predicted octanol–water partition coefficient (Wildman–Crippen LogP) is 3.95. The maximum Gasteiger partial charge on any atom is 0.228 e. The highest BCUT2D eigenvalue weighted by Crippen LogP contribution is 2.38. The van der Waals surface area contributed by atoms with Gasteiger partial charge in [-0.1, -0.05) is 36.4 Å². The summed E-state index contributed by atoms with van der Waals surface area (Å²) in [7, 11) is 0. The van der Waals surface area contributed by atoms with Crippen LogP contribution in [0.1, 0.15) is 24.6 Å².